The average molecular weight is 289 g/mol. The third-order valence-corrected chi connectivity index (χ3v) is 4.36. The molecule has 116 valence electrons. The number of hydrogen-bond donors (Lipinski definition) is 2. The Bertz CT molecular complexity index is 478. The quantitative estimate of drug-likeness (QED) is 0.824. The Morgan fingerprint density at radius 3 is 2.57 bits per heavy atom. The summed E-state index contributed by atoms with van der Waals surface area (Å²) in [4.78, 5) is 11.6. The highest BCUT2D eigenvalue weighted by Gasteiger charge is 2.21. The van der Waals surface area contributed by atoms with Gasteiger partial charge in [0.2, 0.25) is 5.91 Å². The second-order valence-electron chi connectivity index (χ2n) is 6.10. The summed E-state index contributed by atoms with van der Waals surface area (Å²) in [5.41, 5.74) is 3.07. The molecule has 3 heteroatoms. The van der Waals surface area contributed by atoms with Crippen LogP contribution in [0.5, 0.6) is 0 Å². The van der Waals surface area contributed by atoms with Crippen LogP contribution in [0.4, 0.5) is 5.69 Å². The molecular weight excluding hydrogens is 262 g/mol. The molecule has 0 saturated carbocycles. The molecule has 0 fully saturated rings. The number of carbonyl (C=O) groups excluding carboxylic acids is 1. The van der Waals surface area contributed by atoms with Gasteiger partial charge in [-0.3, -0.25) is 4.79 Å². The van der Waals surface area contributed by atoms with Crippen molar-refractivity contribution < 1.29 is 9.90 Å². The van der Waals surface area contributed by atoms with Gasteiger partial charge in [0.15, 0.2) is 0 Å². The van der Waals surface area contributed by atoms with Crippen molar-refractivity contribution in [1.29, 1.82) is 0 Å². The molecule has 3 nitrogen and oxygen atoms in total. The Kier molecular flexibility index (Phi) is 5.80. The summed E-state index contributed by atoms with van der Waals surface area (Å²) in [6, 6.07) is 6.00. The number of aliphatic hydroxyl groups is 1. The van der Waals surface area contributed by atoms with E-state index >= 15 is 0 Å². The first-order valence-electron chi connectivity index (χ1n) is 8.26. The van der Waals surface area contributed by atoms with Crippen molar-refractivity contribution in [3.63, 3.8) is 0 Å². The molecule has 0 bridgehead atoms. The zero-order valence-corrected chi connectivity index (χ0v) is 13.2. The molecule has 1 aliphatic heterocycles. The fourth-order valence-corrected chi connectivity index (χ4v) is 3.25. The van der Waals surface area contributed by atoms with Crippen molar-refractivity contribution in [3.05, 3.63) is 29.3 Å². The van der Waals surface area contributed by atoms with Gasteiger partial charge in [0.05, 0.1) is 6.10 Å². The first-order chi connectivity index (χ1) is 10.2. The van der Waals surface area contributed by atoms with Crippen molar-refractivity contribution in [2.45, 2.75) is 64.9 Å². The molecule has 1 amide bonds. The lowest BCUT2D eigenvalue weighted by Gasteiger charge is -2.23. The highest BCUT2D eigenvalue weighted by molar-refractivity contribution is 5.92. The molecule has 0 spiro atoms. The molecule has 1 aliphatic rings. The number of rotatable bonds is 6. The van der Waals surface area contributed by atoms with Crippen LogP contribution in [-0.2, 0) is 11.2 Å². The smallest absolute Gasteiger partial charge is 0.224 e. The van der Waals surface area contributed by atoms with E-state index in [2.05, 4.69) is 25.2 Å². The summed E-state index contributed by atoms with van der Waals surface area (Å²) < 4.78 is 0. The van der Waals surface area contributed by atoms with Crippen LogP contribution in [0.1, 0.15) is 69.6 Å². The predicted molar refractivity (Wildman–Crippen MR) is 86.3 cm³/mol. The van der Waals surface area contributed by atoms with Crippen molar-refractivity contribution >= 4 is 11.6 Å². The molecule has 2 N–H and O–H groups in total. The first-order valence-corrected chi connectivity index (χ1v) is 8.26. The second kappa shape index (κ2) is 7.60. The molecule has 21 heavy (non-hydrogen) atoms. The van der Waals surface area contributed by atoms with Crippen LogP contribution in [-0.4, -0.2) is 11.0 Å². The maximum Gasteiger partial charge on any atom is 0.224 e. The Morgan fingerprint density at radius 1 is 1.19 bits per heavy atom. The second-order valence-corrected chi connectivity index (χ2v) is 6.10. The van der Waals surface area contributed by atoms with Gasteiger partial charge < -0.3 is 10.4 Å². The summed E-state index contributed by atoms with van der Waals surface area (Å²) >= 11 is 0. The number of aliphatic hydroxyl groups excluding tert-OH is 1. The molecule has 0 saturated heterocycles. The molecule has 1 aromatic rings. The van der Waals surface area contributed by atoms with E-state index < -0.39 is 6.10 Å². The van der Waals surface area contributed by atoms with Gasteiger partial charge in [0.25, 0.3) is 0 Å². The van der Waals surface area contributed by atoms with E-state index in [1.807, 2.05) is 12.1 Å². The fourth-order valence-electron chi connectivity index (χ4n) is 3.25. The summed E-state index contributed by atoms with van der Waals surface area (Å²) in [7, 11) is 0. The Hall–Kier alpha value is -1.35. The molecule has 1 aromatic carbocycles. The van der Waals surface area contributed by atoms with Crippen LogP contribution in [0, 0.1) is 5.92 Å². The first kappa shape index (κ1) is 16.0. The van der Waals surface area contributed by atoms with E-state index in [-0.39, 0.29) is 5.91 Å². The molecule has 0 aliphatic carbocycles. The lowest BCUT2D eigenvalue weighted by Crippen LogP contribution is -2.13. The van der Waals surface area contributed by atoms with Gasteiger partial charge in [-0.2, -0.15) is 0 Å². The van der Waals surface area contributed by atoms with E-state index in [1.165, 1.54) is 0 Å². The number of anilines is 1. The number of fused-ring (bicyclic) bond motifs is 1. The minimum absolute atomic E-state index is 0.0943. The topological polar surface area (TPSA) is 49.3 Å². The monoisotopic (exact) mass is 289 g/mol. The van der Waals surface area contributed by atoms with Crippen LogP contribution in [0.3, 0.4) is 0 Å². The van der Waals surface area contributed by atoms with Crippen LogP contribution < -0.4 is 5.32 Å². The normalized spacial score (nSPS) is 16.3. The minimum atomic E-state index is -0.394. The van der Waals surface area contributed by atoms with Crippen LogP contribution in [0.15, 0.2) is 18.2 Å². The maximum atomic E-state index is 11.6. The minimum Gasteiger partial charge on any atom is -0.388 e. The van der Waals surface area contributed by atoms with Crippen LogP contribution >= 0.6 is 0 Å². The van der Waals surface area contributed by atoms with Gasteiger partial charge in [-0.1, -0.05) is 38.8 Å². The lowest BCUT2D eigenvalue weighted by atomic mass is 9.87. The maximum absolute atomic E-state index is 11.6. The third-order valence-electron chi connectivity index (χ3n) is 4.36. The van der Waals surface area contributed by atoms with Gasteiger partial charge in [-0.15, -0.1) is 0 Å². The predicted octanol–water partition coefficient (Wildman–Crippen LogP) is 4.21. The lowest BCUT2D eigenvalue weighted by molar-refractivity contribution is -0.116. The molecule has 1 atom stereocenters. The van der Waals surface area contributed by atoms with E-state index in [4.69, 9.17) is 0 Å². The van der Waals surface area contributed by atoms with Crippen LogP contribution in [0.2, 0.25) is 0 Å². The Labute approximate surface area is 127 Å². The van der Waals surface area contributed by atoms with Gasteiger partial charge in [0.1, 0.15) is 0 Å². The van der Waals surface area contributed by atoms with Crippen molar-refractivity contribution in [3.8, 4) is 0 Å². The molecule has 1 heterocycles. The number of carbonyl (C=O) groups is 1. The van der Waals surface area contributed by atoms with E-state index in [0.29, 0.717) is 12.3 Å². The molecule has 1 unspecified atom stereocenters. The number of nitrogens with one attached hydrogen (secondary N) is 1. The molecule has 2 rings (SSSR count). The van der Waals surface area contributed by atoms with E-state index in [1.54, 1.807) is 0 Å². The fraction of sp³-hybridized carbons (Fsp3) is 0.611. The standard InChI is InChI=1S/C18H27NO2/c1-3-6-13(7-4-2)18(21)15-10-11-16-14(12-15)8-5-9-17(20)19-16/h10-13,18,21H,3-9H2,1-2H3,(H,19,20). The van der Waals surface area contributed by atoms with Crippen molar-refractivity contribution in [2.75, 3.05) is 5.32 Å². The van der Waals surface area contributed by atoms with Crippen molar-refractivity contribution in [2.24, 2.45) is 5.92 Å². The summed E-state index contributed by atoms with van der Waals surface area (Å²) in [5.74, 6) is 0.426. The number of amides is 1. The summed E-state index contributed by atoms with van der Waals surface area (Å²) in [6.45, 7) is 4.34. The average Bonchev–Trinajstić information content (AvgIpc) is 2.66. The summed E-state index contributed by atoms with van der Waals surface area (Å²) in [5, 5.41) is 13.6. The molecular formula is C18H27NO2. The van der Waals surface area contributed by atoms with Crippen molar-refractivity contribution in [1.82, 2.24) is 0 Å². The number of hydrogen-bond acceptors (Lipinski definition) is 2. The van der Waals surface area contributed by atoms with Crippen LogP contribution in [0.25, 0.3) is 0 Å². The molecule has 0 radical (unpaired) electrons. The van der Waals surface area contributed by atoms with Gasteiger partial charge in [0, 0.05) is 12.1 Å². The largest absolute Gasteiger partial charge is 0.388 e. The Balaban J connectivity index is 2.20. The summed E-state index contributed by atoms with van der Waals surface area (Å²) in [6.07, 6.45) is 6.29. The Morgan fingerprint density at radius 2 is 1.90 bits per heavy atom. The third kappa shape index (κ3) is 4.07. The molecule has 0 aromatic heterocycles. The van der Waals surface area contributed by atoms with Gasteiger partial charge in [-0.05, 0) is 48.8 Å². The van der Waals surface area contributed by atoms with E-state index in [9.17, 15) is 9.90 Å². The SMILES string of the molecule is CCCC(CCC)C(O)c1ccc2c(c1)CCCC(=O)N2. The highest BCUT2D eigenvalue weighted by Crippen LogP contribution is 2.32. The number of benzene rings is 1. The number of aryl methyl sites for hydroxylation is 1. The highest BCUT2D eigenvalue weighted by atomic mass is 16.3. The zero-order chi connectivity index (χ0) is 15.2. The van der Waals surface area contributed by atoms with Gasteiger partial charge in [-0.25, -0.2) is 0 Å². The van der Waals surface area contributed by atoms with E-state index in [0.717, 1.165) is 55.3 Å². The zero-order valence-electron chi connectivity index (χ0n) is 13.2. The van der Waals surface area contributed by atoms with Gasteiger partial charge >= 0.3 is 0 Å².